The third-order valence-corrected chi connectivity index (χ3v) is 9.33. The Morgan fingerprint density at radius 3 is 2.32 bits per heavy atom. The van der Waals surface area contributed by atoms with Gasteiger partial charge < -0.3 is 49.6 Å². The van der Waals surface area contributed by atoms with Gasteiger partial charge in [-0.1, -0.05) is 15.9 Å². The molecule has 0 aliphatic carbocycles. The quantitative estimate of drug-likeness (QED) is 0.0836. The summed E-state index contributed by atoms with van der Waals surface area (Å²) in [5.41, 5.74) is 12.1. The van der Waals surface area contributed by atoms with E-state index in [1.807, 2.05) is 0 Å². The van der Waals surface area contributed by atoms with E-state index in [1.165, 1.54) is 23.0 Å². The minimum Gasteiger partial charge on any atom is -0.790 e. The van der Waals surface area contributed by atoms with Crippen molar-refractivity contribution in [3.63, 3.8) is 0 Å². The number of phosphoric ester groups is 1. The molecule has 3 aromatic rings. The molecule has 1 fully saturated rings. The molecule has 3 heterocycles. The summed E-state index contributed by atoms with van der Waals surface area (Å²) in [6.07, 6.45) is -1.26. The third kappa shape index (κ3) is 12.5. The molecule has 4 N–H and O–H groups in total. The Hall–Kier alpha value is 1.69. The molecule has 2 aromatic heterocycles. The van der Waals surface area contributed by atoms with Crippen molar-refractivity contribution in [3.05, 3.63) is 40.9 Å². The monoisotopic (exact) mass is 776 g/mol. The zero-order valence-electron chi connectivity index (χ0n) is 23.5. The van der Waals surface area contributed by atoms with Crippen molar-refractivity contribution < 1.29 is 179 Å². The predicted octanol–water partition coefficient (Wildman–Crippen LogP) is -12.9. The number of hydrogen-bond acceptors (Lipinski definition) is 18. The number of nitrogens with two attached hydrogens (primary N) is 2. The van der Waals surface area contributed by atoms with Crippen LogP contribution in [0.25, 0.3) is 11.2 Å². The van der Waals surface area contributed by atoms with Crippen LogP contribution in [0.1, 0.15) is 23.0 Å². The van der Waals surface area contributed by atoms with Crippen LogP contribution in [0.2, 0.25) is 0 Å². The second kappa shape index (κ2) is 18.6. The molecule has 5 atom stereocenters. The van der Waals surface area contributed by atoms with Gasteiger partial charge in [-0.2, -0.15) is 0 Å². The topological polar surface area (TPSA) is 302 Å². The Morgan fingerprint density at radius 1 is 1.02 bits per heavy atom. The number of halogens is 1. The summed E-state index contributed by atoms with van der Waals surface area (Å²) >= 11 is 3.21. The van der Waals surface area contributed by atoms with Crippen molar-refractivity contribution in [1.29, 1.82) is 0 Å². The van der Waals surface area contributed by atoms with Crippen LogP contribution in [0.15, 0.2) is 35.3 Å². The number of hydrogen-bond donors (Lipinski definition) is 2. The van der Waals surface area contributed by atoms with E-state index in [2.05, 4.69) is 44.0 Å². The molecule has 4 rings (SSSR count). The molecule has 0 spiro atoms. The van der Waals surface area contributed by atoms with Crippen LogP contribution in [0.3, 0.4) is 0 Å². The Balaban J connectivity index is 0.00000462. The predicted molar refractivity (Wildman–Crippen MR) is 127 cm³/mol. The number of carbonyl (C=O) groups is 1. The standard InChI is InChI=1S/C17H20BrN6O13P3.4Na/c18-8-1-2-10(19)9(3-8)17(25)35-11-4-13(24-7-23-14-15(20)21-6-22-16(14)24)34-12(11)5-33-39(29,30)37-40(31,32)36-38(26,27)28;;;;/h1-3,6-7,11-13H,4-5,19H2,(H,29,30)(H,31,32)(H2,20,21,22)(H2,26,27,28);;;;/q;4*+1/p-4. The molecule has 1 aliphatic rings. The first kappa shape index (κ1) is 45.7. The summed E-state index contributed by atoms with van der Waals surface area (Å²) in [6, 6.07) is 4.40. The Labute approximate surface area is 345 Å². The molecule has 1 saturated heterocycles. The number of aromatic nitrogens is 4. The zero-order valence-corrected chi connectivity index (χ0v) is 35.8. The van der Waals surface area contributed by atoms with Crippen LogP contribution < -0.4 is 149 Å². The van der Waals surface area contributed by atoms with Crippen molar-refractivity contribution in [2.45, 2.75) is 24.9 Å². The number of rotatable bonds is 10. The van der Waals surface area contributed by atoms with Crippen molar-refractivity contribution in [2.75, 3.05) is 18.1 Å². The largest absolute Gasteiger partial charge is 1.00 e. The number of imidazole rings is 1. The number of nitrogens with zero attached hydrogens (tertiary/aromatic N) is 4. The van der Waals surface area contributed by atoms with Gasteiger partial charge in [0.05, 0.1) is 26.3 Å². The second-order valence-corrected chi connectivity index (χ2v) is 13.1. The number of carbonyl (C=O) groups excluding carboxylic acids is 1. The van der Waals surface area contributed by atoms with Crippen molar-refractivity contribution in [2.24, 2.45) is 0 Å². The molecule has 218 valence electrons. The summed E-state index contributed by atoms with van der Waals surface area (Å²) < 4.78 is 58.5. The molecule has 44 heavy (non-hydrogen) atoms. The molecule has 27 heteroatoms. The summed E-state index contributed by atoms with van der Waals surface area (Å²) in [6.45, 7) is -1.00. The molecule has 0 saturated carbocycles. The van der Waals surface area contributed by atoms with Crippen molar-refractivity contribution in [1.82, 2.24) is 19.5 Å². The maximum atomic E-state index is 12.9. The molecule has 0 amide bonds. The van der Waals surface area contributed by atoms with E-state index in [1.54, 1.807) is 6.07 Å². The first-order chi connectivity index (χ1) is 18.5. The SMILES string of the molecule is Nc1ccc(Br)cc1C(=O)OC1CC(n2cnc3c(N)ncnc32)OC1COP(=O)([O-])OP(=O)([O-])OP(=O)([O-])[O-].[Na+].[Na+].[Na+].[Na+]. The number of ether oxygens (including phenoxy) is 2. The zero-order chi connectivity index (χ0) is 29.5. The first-order valence-corrected chi connectivity index (χ1v) is 15.8. The molecule has 1 aromatic carbocycles. The van der Waals surface area contributed by atoms with E-state index >= 15 is 0 Å². The Morgan fingerprint density at radius 2 is 1.68 bits per heavy atom. The summed E-state index contributed by atoms with van der Waals surface area (Å²) in [4.78, 5) is 69.5. The smallest absolute Gasteiger partial charge is 0.790 e. The first-order valence-electron chi connectivity index (χ1n) is 10.6. The van der Waals surface area contributed by atoms with E-state index in [0.29, 0.717) is 4.47 Å². The van der Waals surface area contributed by atoms with Crippen LogP contribution in [-0.2, 0) is 36.3 Å². The molecular formula is C17H16BrN6Na4O13P3. The van der Waals surface area contributed by atoms with Gasteiger partial charge in [0, 0.05) is 16.6 Å². The van der Waals surface area contributed by atoms with Crippen molar-refractivity contribution >= 4 is 68.0 Å². The minimum absolute atomic E-state index is 0. The average molecular weight is 777 g/mol. The van der Waals surface area contributed by atoms with E-state index in [-0.39, 0.29) is 153 Å². The number of benzene rings is 1. The van der Waals surface area contributed by atoms with Gasteiger partial charge in [-0.05, 0) is 18.2 Å². The van der Waals surface area contributed by atoms with Crippen LogP contribution in [0.4, 0.5) is 11.5 Å². The molecule has 1 aliphatic heterocycles. The number of fused-ring (bicyclic) bond motifs is 1. The van der Waals surface area contributed by atoms with Crippen LogP contribution in [-0.4, -0.2) is 44.3 Å². The number of phosphoric acid groups is 3. The van der Waals surface area contributed by atoms with E-state index < -0.39 is 54.5 Å². The van der Waals surface area contributed by atoms with Gasteiger partial charge in [-0.25, -0.2) is 24.1 Å². The van der Waals surface area contributed by atoms with Gasteiger partial charge in [-0.3, -0.25) is 18.0 Å². The normalized spacial score (nSPS) is 20.5. The molecule has 0 bridgehead atoms. The molecule has 5 unspecified atom stereocenters. The fraction of sp³-hybridized carbons (Fsp3) is 0.294. The van der Waals surface area contributed by atoms with Crippen LogP contribution in [0, 0.1) is 0 Å². The van der Waals surface area contributed by atoms with Crippen LogP contribution in [0.5, 0.6) is 0 Å². The molecule has 19 nitrogen and oxygen atoms in total. The fourth-order valence-corrected chi connectivity index (χ4v) is 6.81. The van der Waals surface area contributed by atoms with Gasteiger partial charge in [0.25, 0.3) is 15.6 Å². The number of esters is 1. The third-order valence-electron chi connectivity index (χ3n) is 5.17. The Kier molecular flexibility index (Phi) is 19.3. The maximum absolute atomic E-state index is 12.9. The fourth-order valence-electron chi connectivity index (χ4n) is 3.58. The molecule has 0 radical (unpaired) electrons. The average Bonchev–Trinajstić information content (AvgIpc) is 3.41. The Bertz CT molecular complexity index is 1600. The summed E-state index contributed by atoms with van der Waals surface area (Å²) in [5, 5.41) is 0. The van der Waals surface area contributed by atoms with Crippen molar-refractivity contribution in [3.8, 4) is 0 Å². The minimum atomic E-state index is -6.19. The van der Waals surface area contributed by atoms with E-state index in [0.717, 1.165) is 6.33 Å². The van der Waals surface area contributed by atoms with Gasteiger partial charge in [0.15, 0.2) is 11.5 Å². The van der Waals surface area contributed by atoms with Gasteiger partial charge in [0.2, 0.25) is 0 Å². The molecular weight excluding hydrogens is 761 g/mol. The number of anilines is 2. The van der Waals surface area contributed by atoms with E-state index in [9.17, 15) is 38.1 Å². The van der Waals surface area contributed by atoms with Gasteiger partial charge in [0.1, 0.15) is 30.3 Å². The van der Waals surface area contributed by atoms with Gasteiger partial charge in [-0.15, -0.1) is 0 Å². The number of nitrogen functional groups attached to an aromatic ring is 2. The summed E-state index contributed by atoms with van der Waals surface area (Å²) in [5.74, 6) is -0.857. The van der Waals surface area contributed by atoms with E-state index in [4.69, 9.17) is 20.9 Å². The van der Waals surface area contributed by atoms with Crippen LogP contribution >= 0.6 is 39.4 Å². The second-order valence-electron chi connectivity index (χ2n) is 7.92. The summed E-state index contributed by atoms with van der Waals surface area (Å²) in [7, 11) is -18.2. The maximum Gasteiger partial charge on any atom is 1.00 e. The van der Waals surface area contributed by atoms with Gasteiger partial charge >= 0.3 is 124 Å².